The van der Waals surface area contributed by atoms with Crippen LogP contribution in [0.4, 0.5) is 0 Å². The van der Waals surface area contributed by atoms with Gasteiger partial charge in [-0.1, -0.05) is 0 Å². The Morgan fingerprint density at radius 3 is 2.69 bits per heavy atom. The van der Waals surface area contributed by atoms with Gasteiger partial charge in [-0.2, -0.15) is 4.31 Å². The molecule has 0 N–H and O–H groups in total. The lowest BCUT2D eigenvalue weighted by Crippen LogP contribution is -2.33. The van der Waals surface area contributed by atoms with Crippen LogP contribution in [0.3, 0.4) is 0 Å². The minimum Gasteiger partial charge on any atom is -0.380 e. The number of amides is 1. The third kappa shape index (κ3) is 4.17. The van der Waals surface area contributed by atoms with Crippen LogP contribution in [0.2, 0.25) is 0 Å². The average molecular weight is 421 g/mol. The van der Waals surface area contributed by atoms with Crippen LogP contribution in [-0.4, -0.2) is 72.5 Å². The van der Waals surface area contributed by atoms with Crippen molar-refractivity contribution in [1.82, 2.24) is 18.8 Å². The molecular formula is C20H28N4O4S. The number of nitrogens with zero attached hydrogens (tertiary/aromatic N) is 4. The number of hydrogen-bond donors (Lipinski definition) is 0. The van der Waals surface area contributed by atoms with E-state index < -0.39 is 10.0 Å². The van der Waals surface area contributed by atoms with Crippen LogP contribution in [0, 0.1) is 0 Å². The lowest BCUT2D eigenvalue weighted by molar-refractivity contribution is -0.131. The number of imidazole rings is 1. The molecule has 4 rings (SSSR count). The SMILES string of the molecule is Cn1c(CCC(=O)N2CCCOCC2)nc2cc(S(=O)(=O)N3CCCC3)ccc21. The van der Waals surface area contributed by atoms with Gasteiger partial charge in [0, 0.05) is 52.7 Å². The van der Waals surface area contributed by atoms with E-state index in [2.05, 4.69) is 4.98 Å². The minimum absolute atomic E-state index is 0.111. The number of ether oxygens (including phenoxy) is 1. The average Bonchev–Trinajstić information content (AvgIpc) is 3.27. The van der Waals surface area contributed by atoms with E-state index in [-0.39, 0.29) is 10.8 Å². The number of aromatic nitrogens is 2. The van der Waals surface area contributed by atoms with E-state index in [0.717, 1.165) is 37.1 Å². The Bertz CT molecular complexity index is 987. The molecule has 29 heavy (non-hydrogen) atoms. The van der Waals surface area contributed by atoms with E-state index in [0.29, 0.717) is 51.2 Å². The molecule has 0 radical (unpaired) electrons. The maximum atomic E-state index is 12.8. The normalized spacial score (nSPS) is 19.0. The molecular weight excluding hydrogens is 392 g/mol. The molecule has 0 unspecified atom stereocenters. The van der Waals surface area contributed by atoms with Gasteiger partial charge in [0.15, 0.2) is 0 Å². The summed E-state index contributed by atoms with van der Waals surface area (Å²) in [4.78, 5) is 19.3. The Labute approximate surface area is 171 Å². The van der Waals surface area contributed by atoms with Crippen molar-refractivity contribution < 1.29 is 17.9 Å². The van der Waals surface area contributed by atoms with Crippen LogP contribution >= 0.6 is 0 Å². The van der Waals surface area contributed by atoms with Crippen molar-refractivity contribution in [2.45, 2.75) is 37.0 Å². The Kier molecular flexibility index (Phi) is 5.89. The van der Waals surface area contributed by atoms with Gasteiger partial charge in [-0.3, -0.25) is 4.79 Å². The second-order valence-electron chi connectivity index (χ2n) is 7.70. The predicted octanol–water partition coefficient (Wildman–Crippen LogP) is 1.54. The van der Waals surface area contributed by atoms with Crippen molar-refractivity contribution in [3.8, 4) is 0 Å². The van der Waals surface area contributed by atoms with E-state index in [1.165, 1.54) is 0 Å². The monoisotopic (exact) mass is 420 g/mol. The number of aryl methyl sites for hydroxylation is 2. The highest BCUT2D eigenvalue weighted by Crippen LogP contribution is 2.25. The molecule has 2 aliphatic heterocycles. The first kappa shape index (κ1) is 20.3. The van der Waals surface area contributed by atoms with Gasteiger partial charge in [0.25, 0.3) is 0 Å². The van der Waals surface area contributed by atoms with E-state index in [1.54, 1.807) is 16.4 Å². The largest absolute Gasteiger partial charge is 0.380 e. The van der Waals surface area contributed by atoms with Gasteiger partial charge in [0.05, 0.1) is 22.5 Å². The minimum atomic E-state index is -3.47. The smallest absolute Gasteiger partial charge is 0.243 e. The van der Waals surface area contributed by atoms with Crippen molar-refractivity contribution in [3.63, 3.8) is 0 Å². The summed E-state index contributed by atoms with van der Waals surface area (Å²) < 4.78 is 34.5. The molecule has 2 fully saturated rings. The highest BCUT2D eigenvalue weighted by Gasteiger charge is 2.27. The summed E-state index contributed by atoms with van der Waals surface area (Å²) in [5.41, 5.74) is 1.52. The molecule has 2 saturated heterocycles. The van der Waals surface area contributed by atoms with Gasteiger partial charge in [0.1, 0.15) is 5.82 Å². The Balaban J connectivity index is 1.50. The lowest BCUT2D eigenvalue weighted by Gasteiger charge is -2.19. The third-order valence-electron chi connectivity index (χ3n) is 5.79. The number of hydrogen-bond acceptors (Lipinski definition) is 5. The second kappa shape index (κ2) is 8.41. The zero-order valence-electron chi connectivity index (χ0n) is 16.8. The Hall–Kier alpha value is -1.97. The zero-order valence-corrected chi connectivity index (χ0v) is 17.7. The van der Waals surface area contributed by atoms with Gasteiger partial charge < -0.3 is 14.2 Å². The molecule has 0 saturated carbocycles. The fourth-order valence-corrected chi connectivity index (χ4v) is 5.60. The van der Waals surface area contributed by atoms with Crippen LogP contribution in [-0.2, 0) is 33.0 Å². The summed E-state index contributed by atoms with van der Waals surface area (Å²) >= 11 is 0. The summed E-state index contributed by atoms with van der Waals surface area (Å²) in [5.74, 6) is 0.898. The second-order valence-corrected chi connectivity index (χ2v) is 9.63. The number of benzene rings is 1. The Morgan fingerprint density at radius 1 is 1.10 bits per heavy atom. The molecule has 0 spiro atoms. The summed E-state index contributed by atoms with van der Waals surface area (Å²) in [6.07, 6.45) is 3.59. The first-order chi connectivity index (χ1) is 14.0. The molecule has 158 valence electrons. The van der Waals surface area contributed by atoms with E-state index in [9.17, 15) is 13.2 Å². The van der Waals surface area contributed by atoms with Crippen LogP contribution in [0.5, 0.6) is 0 Å². The first-order valence-corrected chi connectivity index (χ1v) is 11.7. The molecule has 8 nitrogen and oxygen atoms in total. The van der Waals surface area contributed by atoms with Gasteiger partial charge in [-0.05, 0) is 37.5 Å². The molecule has 3 heterocycles. The number of fused-ring (bicyclic) bond motifs is 1. The molecule has 1 aromatic carbocycles. The van der Waals surface area contributed by atoms with E-state index in [4.69, 9.17) is 4.74 Å². The quantitative estimate of drug-likeness (QED) is 0.733. The highest BCUT2D eigenvalue weighted by atomic mass is 32.2. The molecule has 1 amide bonds. The fourth-order valence-electron chi connectivity index (χ4n) is 4.06. The molecule has 0 atom stereocenters. The fraction of sp³-hybridized carbons (Fsp3) is 0.600. The maximum absolute atomic E-state index is 12.8. The molecule has 0 bridgehead atoms. The predicted molar refractivity (Wildman–Crippen MR) is 109 cm³/mol. The van der Waals surface area contributed by atoms with Gasteiger partial charge in [0.2, 0.25) is 15.9 Å². The van der Waals surface area contributed by atoms with Crippen LogP contribution in [0.15, 0.2) is 23.1 Å². The zero-order chi connectivity index (χ0) is 20.4. The van der Waals surface area contributed by atoms with Gasteiger partial charge >= 0.3 is 0 Å². The van der Waals surface area contributed by atoms with Crippen LogP contribution in [0.25, 0.3) is 11.0 Å². The Morgan fingerprint density at radius 2 is 1.90 bits per heavy atom. The highest BCUT2D eigenvalue weighted by molar-refractivity contribution is 7.89. The van der Waals surface area contributed by atoms with Gasteiger partial charge in [-0.15, -0.1) is 0 Å². The van der Waals surface area contributed by atoms with Crippen LogP contribution in [0.1, 0.15) is 31.5 Å². The van der Waals surface area contributed by atoms with Crippen molar-refractivity contribution in [3.05, 3.63) is 24.0 Å². The maximum Gasteiger partial charge on any atom is 0.243 e. The molecule has 9 heteroatoms. The topological polar surface area (TPSA) is 84.7 Å². The van der Waals surface area contributed by atoms with Crippen LogP contribution < -0.4 is 0 Å². The molecule has 1 aromatic heterocycles. The van der Waals surface area contributed by atoms with E-state index in [1.807, 2.05) is 22.6 Å². The van der Waals surface area contributed by atoms with Crippen molar-refractivity contribution >= 4 is 27.0 Å². The third-order valence-corrected chi connectivity index (χ3v) is 7.68. The first-order valence-electron chi connectivity index (χ1n) is 10.3. The molecule has 2 aromatic rings. The molecule has 0 aliphatic carbocycles. The molecule has 2 aliphatic rings. The number of sulfonamides is 1. The summed E-state index contributed by atoms with van der Waals surface area (Å²) in [5, 5.41) is 0. The summed E-state index contributed by atoms with van der Waals surface area (Å²) in [6, 6.07) is 5.12. The summed E-state index contributed by atoms with van der Waals surface area (Å²) in [7, 11) is -1.56. The number of carbonyl (C=O) groups excluding carboxylic acids is 1. The van der Waals surface area contributed by atoms with Crippen molar-refractivity contribution in [1.29, 1.82) is 0 Å². The van der Waals surface area contributed by atoms with Crippen molar-refractivity contribution in [2.75, 3.05) is 39.4 Å². The summed E-state index contributed by atoms with van der Waals surface area (Å²) in [6.45, 7) is 3.83. The standard InChI is InChI=1S/C20H28N4O4S/c1-22-18-6-5-16(29(26,27)24-10-2-3-11-24)15-17(18)21-19(22)7-8-20(25)23-9-4-13-28-14-12-23/h5-6,15H,2-4,7-14H2,1H3. The number of rotatable bonds is 5. The number of carbonyl (C=O) groups is 1. The van der Waals surface area contributed by atoms with Gasteiger partial charge in [-0.25, -0.2) is 13.4 Å². The van der Waals surface area contributed by atoms with E-state index >= 15 is 0 Å². The van der Waals surface area contributed by atoms with Crippen molar-refractivity contribution in [2.24, 2.45) is 7.05 Å². The lowest BCUT2D eigenvalue weighted by atomic mass is 10.2.